The molecular weight excluding hydrogens is 335 g/mol. The van der Waals surface area contributed by atoms with Crippen molar-refractivity contribution in [3.63, 3.8) is 0 Å². The minimum Gasteiger partial charge on any atom is -0.457 e. The van der Waals surface area contributed by atoms with E-state index in [1.54, 1.807) is 0 Å². The zero-order chi connectivity index (χ0) is 19.2. The Labute approximate surface area is 151 Å². The van der Waals surface area contributed by atoms with Crippen molar-refractivity contribution < 1.29 is 18.7 Å². The lowest BCUT2D eigenvalue weighted by Crippen LogP contribution is -2.45. The fourth-order valence-electron chi connectivity index (χ4n) is 4.11. The van der Waals surface area contributed by atoms with Gasteiger partial charge in [-0.15, -0.1) is 0 Å². The quantitative estimate of drug-likeness (QED) is 0.213. The molecule has 0 bridgehead atoms. The van der Waals surface area contributed by atoms with Crippen molar-refractivity contribution in [2.75, 3.05) is 6.61 Å². The van der Waals surface area contributed by atoms with Gasteiger partial charge in [0.25, 0.3) is 0 Å². The van der Waals surface area contributed by atoms with Crippen molar-refractivity contribution in [3.8, 4) is 0 Å². The number of hydrogen-bond acceptors (Lipinski definition) is 2. The molecule has 0 amide bonds. The standard InChI is InChI=1S/C19H29FN2O2Si/c1-13(2)25(14(3)4,15(5)6)11-10-24-19(23)18(22-21)16-8-7-9-17(20)12-16/h7-9,12-15H,10-11H2,1-6H3. The Bertz CT molecular complexity index is 631. The molecule has 0 heterocycles. The van der Waals surface area contributed by atoms with Crippen LogP contribution in [0.15, 0.2) is 24.3 Å². The van der Waals surface area contributed by atoms with Crippen molar-refractivity contribution in [1.29, 1.82) is 0 Å². The summed E-state index contributed by atoms with van der Waals surface area (Å²) in [6.07, 6.45) is 0. The number of nitrogens with zero attached hydrogens (tertiary/aromatic N) is 2. The normalized spacial score (nSPS) is 11.8. The summed E-state index contributed by atoms with van der Waals surface area (Å²) in [5, 5.41) is 0. The average molecular weight is 365 g/mol. The van der Waals surface area contributed by atoms with E-state index < -0.39 is 19.9 Å². The molecule has 0 saturated carbocycles. The van der Waals surface area contributed by atoms with Gasteiger partial charge in [0, 0.05) is 0 Å². The molecule has 1 aromatic rings. The van der Waals surface area contributed by atoms with Gasteiger partial charge in [-0.1, -0.05) is 64.2 Å². The van der Waals surface area contributed by atoms with E-state index in [1.807, 2.05) is 0 Å². The highest BCUT2D eigenvalue weighted by atomic mass is 28.3. The molecule has 0 aromatic heterocycles. The molecule has 25 heavy (non-hydrogen) atoms. The van der Waals surface area contributed by atoms with E-state index in [1.165, 1.54) is 18.2 Å². The molecule has 0 radical (unpaired) electrons. The molecule has 0 fully saturated rings. The van der Waals surface area contributed by atoms with Crippen LogP contribution in [0.25, 0.3) is 5.53 Å². The Morgan fingerprint density at radius 2 is 1.72 bits per heavy atom. The molecule has 6 heteroatoms. The fraction of sp³-hybridized carbons (Fsp3) is 0.579. The molecule has 0 spiro atoms. The van der Waals surface area contributed by atoms with Gasteiger partial charge in [0.15, 0.2) is 0 Å². The van der Waals surface area contributed by atoms with Gasteiger partial charge in [0.05, 0.1) is 20.2 Å². The molecule has 0 aliphatic rings. The summed E-state index contributed by atoms with van der Waals surface area (Å²) in [5.74, 6) is -1.23. The van der Waals surface area contributed by atoms with Gasteiger partial charge in [-0.25, -0.2) is 9.18 Å². The smallest absolute Gasteiger partial charge is 0.422 e. The van der Waals surface area contributed by atoms with E-state index in [0.717, 1.165) is 12.1 Å². The first-order valence-corrected chi connectivity index (χ1v) is 11.3. The van der Waals surface area contributed by atoms with Gasteiger partial charge in [0.1, 0.15) is 5.82 Å². The maximum atomic E-state index is 13.3. The van der Waals surface area contributed by atoms with Crippen LogP contribution >= 0.6 is 0 Å². The highest BCUT2D eigenvalue weighted by Gasteiger charge is 2.42. The van der Waals surface area contributed by atoms with E-state index in [0.29, 0.717) is 16.6 Å². The summed E-state index contributed by atoms with van der Waals surface area (Å²) in [7, 11) is -1.67. The van der Waals surface area contributed by atoms with Gasteiger partial charge >= 0.3 is 11.7 Å². The number of rotatable bonds is 8. The monoisotopic (exact) mass is 364 g/mol. The second kappa shape index (κ2) is 9.06. The summed E-state index contributed by atoms with van der Waals surface area (Å²) in [6, 6.07) is 6.23. The maximum Gasteiger partial charge on any atom is 0.422 e. The van der Waals surface area contributed by atoms with Gasteiger partial charge in [-0.2, -0.15) is 4.79 Å². The Balaban J connectivity index is 2.86. The fourth-order valence-corrected chi connectivity index (χ4v) is 10.3. The van der Waals surface area contributed by atoms with E-state index in [2.05, 4.69) is 46.3 Å². The van der Waals surface area contributed by atoms with Crippen LogP contribution < -0.4 is 0 Å². The summed E-state index contributed by atoms with van der Waals surface area (Å²) < 4.78 is 18.7. The molecule has 0 atom stereocenters. The first-order chi connectivity index (χ1) is 11.7. The third-order valence-corrected chi connectivity index (χ3v) is 12.9. The molecule has 0 aliphatic carbocycles. The van der Waals surface area contributed by atoms with Crippen LogP contribution in [-0.2, 0) is 9.53 Å². The molecule has 138 valence electrons. The van der Waals surface area contributed by atoms with Crippen LogP contribution in [0.3, 0.4) is 0 Å². The second-order valence-electron chi connectivity index (χ2n) is 7.42. The van der Waals surface area contributed by atoms with Crippen LogP contribution in [0.1, 0.15) is 47.1 Å². The Morgan fingerprint density at radius 3 is 2.16 bits per heavy atom. The molecule has 1 rings (SSSR count). The first kappa shape index (κ1) is 21.3. The van der Waals surface area contributed by atoms with Crippen LogP contribution in [0.4, 0.5) is 4.39 Å². The Kier molecular flexibility index (Phi) is 7.71. The largest absolute Gasteiger partial charge is 0.457 e. The number of hydrogen-bond donors (Lipinski definition) is 0. The molecule has 1 aromatic carbocycles. The predicted molar refractivity (Wildman–Crippen MR) is 101 cm³/mol. The summed E-state index contributed by atoms with van der Waals surface area (Å²) >= 11 is 0. The van der Waals surface area contributed by atoms with E-state index in [4.69, 9.17) is 10.3 Å². The van der Waals surface area contributed by atoms with Crippen molar-refractivity contribution >= 4 is 19.8 Å². The van der Waals surface area contributed by atoms with Crippen molar-refractivity contribution in [2.24, 2.45) is 0 Å². The van der Waals surface area contributed by atoms with Crippen molar-refractivity contribution in [2.45, 2.75) is 64.2 Å². The Morgan fingerprint density at radius 1 is 1.16 bits per heavy atom. The van der Waals surface area contributed by atoms with Gasteiger partial charge < -0.3 is 10.3 Å². The zero-order valence-corrected chi connectivity index (χ0v) is 17.0. The van der Waals surface area contributed by atoms with Gasteiger partial charge in [0.2, 0.25) is 0 Å². The molecular formula is C19H29FN2O2Si. The molecule has 0 aliphatic heterocycles. The van der Waals surface area contributed by atoms with Gasteiger partial charge in [-0.3, -0.25) is 0 Å². The van der Waals surface area contributed by atoms with Gasteiger partial charge in [-0.05, 0) is 24.2 Å². The number of esters is 1. The predicted octanol–water partition coefficient (Wildman–Crippen LogP) is 5.07. The lowest BCUT2D eigenvalue weighted by molar-refractivity contribution is -0.139. The SMILES string of the molecule is CC(C)[Si](CCOC(=O)C(=[N+]=[N-])c1cccc(F)c1)(C(C)C)C(C)C. The topological polar surface area (TPSA) is 62.7 Å². The second-order valence-corrected chi connectivity index (χ2v) is 13.6. The third-order valence-electron chi connectivity index (χ3n) is 5.38. The zero-order valence-electron chi connectivity index (χ0n) is 16.0. The first-order valence-electron chi connectivity index (χ1n) is 8.81. The number of carbonyl (C=O) groups is 1. The summed E-state index contributed by atoms with van der Waals surface area (Å²) in [6.45, 7) is 13.8. The summed E-state index contributed by atoms with van der Waals surface area (Å²) in [4.78, 5) is 15.3. The number of benzene rings is 1. The third kappa shape index (κ3) is 4.86. The van der Waals surface area contributed by atoms with Crippen LogP contribution in [0.5, 0.6) is 0 Å². The molecule has 0 saturated heterocycles. The highest BCUT2D eigenvalue weighted by molar-refractivity contribution is 6.83. The number of halogens is 1. The van der Waals surface area contributed by atoms with E-state index in [-0.39, 0.29) is 17.9 Å². The molecule has 4 nitrogen and oxygen atoms in total. The highest BCUT2D eigenvalue weighted by Crippen LogP contribution is 2.44. The minimum atomic E-state index is -1.67. The molecule has 0 N–H and O–H groups in total. The van der Waals surface area contributed by atoms with Crippen molar-refractivity contribution in [3.05, 3.63) is 41.2 Å². The lowest BCUT2D eigenvalue weighted by atomic mass is 10.1. The van der Waals surface area contributed by atoms with Crippen LogP contribution in [0.2, 0.25) is 22.7 Å². The minimum absolute atomic E-state index is 0.201. The van der Waals surface area contributed by atoms with E-state index in [9.17, 15) is 9.18 Å². The maximum absolute atomic E-state index is 13.3. The molecule has 0 unspecified atom stereocenters. The number of ether oxygens (including phenoxy) is 1. The van der Waals surface area contributed by atoms with Crippen LogP contribution in [0, 0.1) is 5.82 Å². The van der Waals surface area contributed by atoms with E-state index >= 15 is 0 Å². The lowest BCUT2D eigenvalue weighted by Gasteiger charge is -2.43. The number of carbonyl (C=O) groups excluding carboxylic acids is 1. The summed E-state index contributed by atoms with van der Waals surface area (Å²) in [5.41, 5.74) is 10.8. The Hall–Kier alpha value is -1.78. The van der Waals surface area contributed by atoms with Crippen molar-refractivity contribution in [1.82, 2.24) is 0 Å². The van der Waals surface area contributed by atoms with Crippen LogP contribution in [-0.4, -0.2) is 31.2 Å². The average Bonchev–Trinajstić information content (AvgIpc) is 2.51.